The number of amides is 1. The zero-order chi connectivity index (χ0) is 23.0. The minimum Gasteiger partial charge on any atom is -0.494 e. The van der Waals surface area contributed by atoms with Crippen molar-refractivity contribution >= 4 is 34.2 Å². The lowest BCUT2D eigenvalue weighted by Gasteiger charge is -2.08. The number of thiophene rings is 1. The Morgan fingerprint density at radius 2 is 1.68 bits per heavy atom. The molecular weight excluding hydrogens is 418 g/mol. The first kappa shape index (κ1) is 24.4. The molecule has 7 nitrogen and oxygen atoms in total. The van der Waals surface area contributed by atoms with Crippen molar-refractivity contribution < 1.29 is 28.6 Å². The van der Waals surface area contributed by atoms with Crippen LogP contribution in [0.25, 0.3) is 0 Å². The molecule has 1 heterocycles. The van der Waals surface area contributed by atoms with E-state index in [2.05, 4.69) is 5.32 Å². The molecule has 0 aliphatic heterocycles. The Labute approximate surface area is 186 Å². The van der Waals surface area contributed by atoms with E-state index >= 15 is 0 Å². The first-order valence-electron chi connectivity index (χ1n) is 10.3. The highest BCUT2D eigenvalue weighted by molar-refractivity contribution is 7.18. The molecule has 0 radical (unpaired) electrons. The average molecular weight is 448 g/mol. The molecule has 0 bridgehead atoms. The summed E-state index contributed by atoms with van der Waals surface area (Å²) in [6.07, 6.45) is 0.110. The smallest absolute Gasteiger partial charge is 0.348 e. The van der Waals surface area contributed by atoms with Crippen molar-refractivity contribution in [2.45, 2.75) is 41.0 Å². The molecule has 0 aliphatic rings. The lowest BCUT2D eigenvalue weighted by molar-refractivity contribution is -0.115. The average Bonchev–Trinajstić information content (AvgIpc) is 3.03. The first-order valence-corrected chi connectivity index (χ1v) is 11.1. The third kappa shape index (κ3) is 6.82. The van der Waals surface area contributed by atoms with Crippen LogP contribution in [0.3, 0.4) is 0 Å². The molecule has 1 amide bonds. The number of carbonyl (C=O) groups excluding carboxylic acids is 3. The number of rotatable bonds is 10. The van der Waals surface area contributed by atoms with Crippen LogP contribution in [0.2, 0.25) is 0 Å². The quantitative estimate of drug-likeness (QED) is 0.534. The van der Waals surface area contributed by atoms with Gasteiger partial charge in [-0.2, -0.15) is 0 Å². The van der Waals surface area contributed by atoms with Gasteiger partial charge in [0.15, 0.2) is 0 Å². The van der Waals surface area contributed by atoms with Gasteiger partial charge >= 0.3 is 11.9 Å². The Hall–Kier alpha value is -2.87. The normalized spacial score (nSPS) is 10.6. The monoisotopic (exact) mass is 447 g/mol. The highest BCUT2D eigenvalue weighted by Gasteiger charge is 2.27. The highest BCUT2D eigenvalue weighted by Crippen LogP contribution is 2.34. The molecule has 0 unspecified atom stereocenters. The second-order valence-electron chi connectivity index (χ2n) is 7.28. The Bertz CT molecular complexity index is 917. The number of carbonyl (C=O) groups is 3. The lowest BCUT2D eigenvalue weighted by Crippen LogP contribution is -2.16. The van der Waals surface area contributed by atoms with Gasteiger partial charge in [-0.15, -0.1) is 11.3 Å². The minimum atomic E-state index is -0.587. The molecule has 8 heteroatoms. The van der Waals surface area contributed by atoms with Gasteiger partial charge < -0.3 is 19.5 Å². The molecule has 2 aromatic rings. The van der Waals surface area contributed by atoms with Crippen LogP contribution in [0.15, 0.2) is 24.3 Å². The maximum absolute atomic E-state index is 12.6. The van der Waals surface area contributed by atoms with Crippen molar-refractivity contribution in [2.24, 2.45) is 5.92 Å². The molecular formula is C23H29NO6S. The van der Waals surface area contributed by atoms with Crippen LogP contribution in [0, 0.1) is 12.8 Å². The van der Waals surface area contributed by atoms with Crippen LogP contribution < -0.4 is 10.1 Å². The van der Waals surface area contributed by atoms with Gasteiger partial charge in [0, 0.05) is 0 Å². The second kappa shape index (κ2) is 11.5. The summed E-state index contributed by atoms with van der Waals surface area (Å²) in [4.78, 5) is 37.9. The fourth-order valence-electron chi connectivity index (χ4n) is 2.78. The van der Waals surface area contributed by atoms with Gasteiger partial charge in [-0.3, -0.25) is 4.79 Å². The van der Waals surface area contributed by atoms with Crippen LogP contribution in [0.5, 0.6) is 5.75 Å². The maximum atomic E-state index is 12.6. The van der Waals surface area contributed by atoms with Crippen molar-refractivity contribution in [3.63, 3.8) is 0 Å². The van der Waals surface area contributed by atoms with Gasteiger partial charge in [0.2, 0.25) is 5.91 Å². The fraction of sp³-hybridized carbons (Fsp3) is 0.435. The van der Waals surface area contributed by atoms with Gasteiger partial charge in [0.05, 0.1) is 31.8 Å². The Balaban J connectivity index is 2.22. The van der Waals surface area contributed by atoms with Crippen molar-refractivity contribution in [1.29, 1.82) is 0 Å². The number of anilines is 1. The molecule has 0 spiro atoms. The van der Waals surface area contributed by atoms with Crippen molar-refractivity contribution in [1.82, 2.24) is 0 Å². The zero-order valence-corrected chi connectivity index (χ0v) is 19.4. The third-order valence-corrected chi connectivity index (χ3v) is 5.40. The third-order valence-electron chi connectivity index (χ3n) is 4.21. The van der Waals surface area contributed by atoms with E-state index in [1.54, 1.807) is 26.0 Å². The molecule has 0 aliphatic carbocycles. The summed E-state index contributed by atoms with van der Waals surface area (Å²) >= 11 is 1.02. The number of esters is 2. The van der Waals surface area contributed by atoms with Crippen molar-refractivity contribution in [3.8, 4) is 5.75 Å². The molecule has 1 aromatic heterocycles. The Kier molecular flexibility index (Phi) is 9.05. The standard InChI is InChI=1S/C23H29NO6S/c1-6-28-17-10-8-16(9-11-17)12-18(25)24-21-19(22(26)29-7-2)15(5)20(31-21)23(27)30-13-14(3)4/h8-11,14H,6-7,12-13H2,1-5H3,(H,24,25). The summed E-state index contributed by atoms with van der Waals surface area (Å²) in [7, 11) is 0. The highest BCUT2D eigenvalue weighted by atomic mass is 32.1. The van der Waals surface area contributed by atoms with E-state index in [9.17, 15) is 14.4 Å². The number of ether oxygens (including phenoxy) is 3. The SMILES string of the molecule is CCOC(=O)c1c(NC(=O)Cc2ccc(OCC)cc2)sc(C(=O)OCC(C)C)c1C. The zero-order valence-electron chi connectivity index (χ0n) is 18.6. The van der Waals surface area contributed by atoms with E-state index in [0.29, 0.717) is 12.2 Å². The summed E-state index contributed by atoms with van der Waals surface area (Å²) in [5.41, 5.74) is 1.42. The molecule has 2 rings (SSSR count). The molecule has 1 aromatic carbocycles. The molecule has 1 N–H and O–H groups in total. The molecule has 0 fully saturated rings. The minimum absolute atomic E-state index is 0.110. The van der Waals surface area contributed by atoms with Gasteiger partial charge in [-0.25, -0.2) is 9.59 Å². The van der Waals surface area contributed by atoms with E-state index in [0.717, 1.165) is 22.6 Å². The second-order valence-corrected chi connectivity index (χ2v) is 8.30. The summed E-state index contributed by atoms with van der Waals surface area (Å²) in [6.45, 7) is 10.1. The van der Waals surface area contributed by atoms with Crippen LogP contribution in [-0.2, 0) is 20.7 Å². The lowest BCUT2D eigenvalue weighted by atomic mass is 10.1. The summed E-state index contributed by atoms with van der Waals surface area (Å²) < 4.78 is 15.8. The Morgan fingerprint density at radius 1 is 1.00 bits per heavy atom. The van der Waals surface area contributed by atoms with E-state index in [1.807, 2.05) is 32.9 Å². The number of hydrogen-bond donors (Lipinski definition) is 1. The summed E-state index contributed by atoms with van der Waals surface area (Å²) in [5.74, 6) is -0.501. The fourth-order valence-corrected chi connectivity index (χ4v) is 3.88. The van der Waals surface area contributed by atoms with E-state index in [1.165, 1.54) is 0 Å². The number of nitrogens with one attached hydrogen (secondary N) is 1. The van der Waals surface area contributed by atoms with E-state index in [4.69, 9.17) is 14.2 Å². The summed E-state index contributed by atoms with van der Waals surface area (Å²) in [6, 6.07) is 7.22. The predicted molar refractivity (Wildman–Crippen MR) is 120 cm³/mol. The van der Waals surface area contributed by atoms with Gasteiger partial charge in [-0.05, 0) is 49.9 Å². The van der Waals surface area contributed by atoms with Crippen LogP contribution in [0.1, 0.15) is 58.9 Å². The van der Waals surface area contributed by atoms with Crippen LogP contribution >= 0.6 is 11.3 Å². The number of benzene rings is 1. The first-order chi connectivity index (χ1) is 14.8. The predicted octanol–water partition coefficient (Wildman–Crippen LogP) is 4.63. The van der Waals surface area contributed by atoms with E-state index < -0.39 is 11.9 Å². The van der Waals surface area contributed by atoms with Gasteiger partial charge in [0.1, 0.15) is 15.6 Å². The maximum Gasteiger partial charge on any atom is 0.348 e. The molecule has 0 atom stereocenters. The molecule has 31 heavy (non-hydrogen) atoms. The Morgan fingerprint density at radius 3 is 2.26 bits per heavy atom. The van der Waals surface area contributed by atoms with Crippen molar-refractivity contribution in [3.05, 3.63) is 45.8 Å². The number of hydrogen-bond acceptors (Lipinski definition) is 7. The topological polar surface area (TPSA) is 90.9 Å². The van der Waals surface area contributed by atoms with Gasteiger partial charge in [-0.1, -0.05) is 26.0 Å². The largest absolute Gasteiger partial charge is 0.494 e. The summed E-state index contributed by atoms with van der Waals surface area (Å²) in [5, 5.41) is 3.04. The van der Waals surface area contributed by atoms with Crippen molar-refractivity contribution in [2.75, 3.05) is 25.1 Å². The molecule has 0 saturated heterocycles. The van der Waals surface area contributed by atoms with Crippen LogP contribution in [0.4, 0.5) is 5.00 Å². The molecule has 0 saturated carbocycles. The van der Waals surface area contributed by atoms with Crippen LogP contribution in [-0.4, -0.2) is 37.7 Å². The van der Waals surface area contributed by atoms with E-state index in [-0.39, 0.29) is 46.9 Å². The molecule has 168 valence electrons. The van der Waals surface area contributed by atoms with Gasteiger partial charge in [0.25, 0.3) is 0 Å².